The molecule has 2 heterocycles. The van der Waals surface area contributed by atoms with Gasteiger partial charge in [-0.25, -0.2) is 14.6 Å². The molecule has 0 radical (unpaired) electrons. The molecule has 2 aromatic rings. The van der Waals surface area contributed by atoms with Crippen LogP contribution in [0.4, 0.5) is 5.82 Å². The summed E-state index contributed by atoms with van der Waals surface area (Å²) in [6, 6.07) is 0. The van der Waals surface area contributed by atoms with Crippen molar-refractivity contribution in [3.8, 4) is 5.82 Å². The van der Waals surface area contributed by atoms with Crippen LogP contribution in [0.5, 0.6) is 0 Å². The van der Waals surface area contributed by atoms with Crippen molar-refractivity contribution in [1.82, 2.24) is 19.7 Å². The Hall–Kier alpha value is -1.33. The van der Waals surface area contributed by atoms with Crippen LogP contribution in [-0.2, 0) is 0 Å². The maximum atomic E-state index is 5.85. The zero-order chi connectivity index (χ0) is 10.1. The Bertz CT molecular complexity index is 447. The second kappa shape index (κ2) is 3.43. The van der Waals surface area contributed by atoms with Crippen LogP contribution < -0.4 is 5.73 Å². The van der Waals surface area contributed by atoms with E-state index < -0.39 is 0 Å². The molecule has 0 saturated carbocycles. The van der Waals surface area contributed by atoms with Crippen LogP contribution in [0.25, 0.3) is 5.82 Å². The zero-order valence-electron chi connectivity index (χ0n) is 6.85. The first-order valence-electron chi connectivity index (χ1n) is 3.65. The minimum atomic E-state index is 0.237. The number of aromatic nitrogens is 4. The number of nitrogens with two attached hydrogens (primary N) is 1. The van der Waals surface area contributed by atoms with Crippen LogP contribution in [0.3, 0.4) is 0 Å². The van der Waals surface area contributed by atoms with Crippen molar-refractivity contribution in [3.63, 3.8) is 0 Å². The highest BCUT2D eigenvalue weighted by molar-refractivity contribution is 6.33. The van der Waals surface area contributed by atoms with Gasteiger partial charge in [0.05, 0.1) is 12.4 Å². The SMILES string of the molecule is Nc1nn(-c2ncncc2Cl)cc1Cl. The Labute approximate surface area is 89.5 Å². The fourth-order valence-electron chi connectivity index (χ4n) is 0.949. The lowest BCUT2D eigenvalue weighted by Gasteiger charge is -1.99. The van der Waals surface area contributed by atoms with Crippen molar-refractivity contribution in [2.75, 3.05) is 5.73 Å². The molecule has 14 heavy (non-hydrogen) atoms. The lowest BCUT2D eigenvalue weighted by atomic mass is 10.6. The third-order valence-electron chi connectivity index (χ3n) is 1.56. The molecule has 0 spiro atoms. The molecule has 0 aliphatic rings. The van der Waals surface area contributed by atoms with E-state index in [9.17, 15) is 0 Å². The first-order valence-corrected chi connectivity index (χ1v) is 4.40. The molecule has 0 fully saturated rings. The summed E-state index contributed by atoms with van der Waals surface area (Å²) in [5.74, 6) is 0.682. The van der Waals surface area contributed by atoms with Gasteiger partial charge in [-0.15, -0.1) is 5.10 Å². The topological polar surface area (TPSA) is 69.6 Å². The highest BCUT2D eigenvalue weighted by Crippen LogP contribution is 2.21. The molecule has 2 rings (SSSR count). The molecular formula is C7H5Cl2N5. The van der Waals surface area contributed by atoms with Gasteiger partial charge in [-0.1, -0.05) is 23.2 Å². The van der Waals surface area contributed by atoms with Gasteiger partial charge in [-0.2, -0.15) is 0 Å². The lowest BCUT2D eigenvalue weighted by molar-refractivity contribution is 0.844. The molecule has 2 N–H and O–H groups in total. The van der Waals surface area contributed by atoms with Crippen LogP contribution in [0.1, 0.15) is 0 Å². The molecule has 0 amide bonds. The van der Waals surface area contributed by atoms with Crippen molar-refractivity contribution >= 4 is 29.0 Å². The van der Waals surface area contributed by atoms with E-state index >= 15 is 0 Å². The van der Waals surface area contributed by atoms with Gasteiger partial charge in [0.15, 0.2) is 11.6 Å². The van der Waals surface area contributed by atoms with Crippen molar-refractivity contribution in [2.24, 2.45) is 0 Å². The average molecular weight is 230 g/mol. The van der Waals surface area contributed by atoms with Gasteiger partial charge in [0.2, 0.25) is 0 Å². The number of halogens is 2. The number of nitrogens with zero attached hydrogens (tertiary/aromatic N) is 4. The molecular weight excluding hydrogens is 225 g/mol. The molecule has 0 aromatic carbocycles. The fourth-order valence-corrected chi connectivity index (χ4v) is 1.27. The maximum absolute atomic E-state index is 5.85. The average Bonchev–Trinajstić information content (AvgIpc) is 2.48. The molecule has 0 unspecified atom stereocenters. The molecule has 5 nitrogen and oxygen atoms in total. The summed E-state index contributed by atoms with van der Waals surface area (Å²) in [5, 5.41) is 4.67. The minimum Gasteiger partial charge on any atom is -0.381 e. The zero-order valence-corrected chi connectivity index (χ0v) is 8.37. The van der Waals surface area contributed by atoms with Crippen LogP contribution in [0.2, 0.25) is 10.0 Å². The van der Waals surface area contributed by atoms with E-state index in [4.69, 9.17) is 28.9 Å². The van der Waals surface area contributed by atoms with Gasteiger partial charge >= 0.3 is 0 Å². The van der Waals surface area contributed by atoms with Gasteiger partial charge in [-0.05, 0) is 0 Å². The molecule has 0 atom stereocenters. The Kier molecular flexibility index (Phi) is 2.26. The number of hydrogen-bond donors (Lipinski definition) is 1. The number of hydrogen-bond acceptors (Lipinski definition) is 4. The largest absolute Gasteiger partial charge is 0.381 e. The van der Waals surface area contributed by atoms with E-state index in [1.165, 1.54) is 23.4 Å². The van der Waals surface area contributed by atoms with Gasteiger partial charge in [0.1, 0.15) is 16.4 Å². The normalized spacial score (nSPS) is 10.4. The van der Waals surface area contributed by atoms with Gasteiger partial charge < -0.3 is 5.73 Å². The monoisotopic (exact) mass is 229 g/mol. The second-order valence-corrected chi connectivity index (χ2v) is 3.32. The summed E-state index contributed by atoms with van der Waals surface area (Å²) in [4.78, 5) is 7.70. The van der Waals surface area contributed by atoms with Crippen molar-refractivity contribution < 1.29 is 0 Å². The number of anilines is 1. The van der Waals surface area contributed by atoms with E-state index in [-0.39, 0.29) is 5.82 Å². The Morgan fingerprint density at radius 3 is 2.64 bits per heavy atom. The molecule has 0 bridgehead atoms. The summed E-state index contributed by atoms with van der Waals surface area (Å²) in [5.41, 5.74) is 5.48. The van der Waals surface area contributed by atoms with Crippen molar-refractivity contribution in [2.45, 2.75) is 0 Å². The van der Waals surface area contributed by atoms with Crippen LogP contribution >= 0.6 is 23.2 Å². The van der Waals surface area contributed by atoms with Crippen LogP contribution in [0, 0.1) is 0 Å². The van der Waals surface area contributed by atoms with E-state index in [1.807, 2.05) is 0 Å². The quantitative estimate of drug-likeness (QED) is 0.806. The van der Waals surface area contributed by atoms with Gasteiger partial charge in [-0.3, -0.25) is 0 Å². The smallest absolute Gasteiger partial charge is 0.175 e. The van der Waals surface area contributed by atoms with E-state index in [2.05, 4.69) is 15.1 Å². The summed E-state index contributed by atoms with van der Waals surface area (Å²) in [7, 11) is 0. The minimum absolute atomic E-state index is 0.237. The molecule has 0 aliphatic carbocycles. The first kappa shape index (κ1) is 9.23. The van der Waals surface area contributed by atoms with Crippen LogP contribution in [0.15, 0.2) is 18.7 Å². The third-order valence-corrected chi connectivity index (χ3v) is 2.12. The summed E-state index contributed by atoms with van der Waals surface area (Å²) in [6.45, 7) is 0. The Balaban J connectivity index is 2.55. The second-order valence-electron chi connectivity index (χ2n) is 2.50. The Morgan fingerprint density at radius 2 is 2.07 bits per heavy atom. The molecule has 0 aliphatic heterocycles. The number of rotatable bonds is 1. The summed E-state index contributed by atoms with van der Waals surface area (Å²) < 4.78 is 1.40. The number of nitrogen functional groups attached to an aromatic ring is 1. The maximum Gasteiger partial charge on any atom is 0.175 e. The Morgan fingerprint density at radius 1 is 1.29 bits per heavy atom. The third kappa shape index (κ3) is 1.51. The highest BCUT2D eigenvalue weighted by Gasteiger charge is 2.08. The summed E-state index contributed by atoms with van der Waals surface area (Å²) >= 11 is 11.6. The predicted molar refractivity (Wildman–Crippen MR) is 53.6 cm³/mol. The van der Waals surface area contributed by atoms with Gasteiger partial charge in [0.25, 0.3) is 0 Å². The van der Waals surface area contributed by atoms with E-state index in [0.29, 0.717) is 15.9 Å². The summed E-state index contributed by atoms with van der Waals surface area (Å²) in [6.07, 6.45) is 4.37. The first-order chi connectivity index (χ1) is 6.68. The highest BCUT2D eigenvalue weighted by atomic mass is 35.5. The lowest BCUT2D eigenvalue weighted by Crippen LogP contribution is -2.00. The molecule has 2 aromatic heterocycles. The molecule has 72 valence electrons. The fraction of sp³-hybridized carbons (Fsp3) is 0. The van der Waals surface area contributed by atoms with E-state index in [0.717, 1.165) is 0 Å². The van der Waals surface area contributed by atoms with E-state index in [1.54, 1.807) is 0 Å². The van der Waals surface area contributed by atoms with Crippen molar-refractivity contribution in [3.05, 3.63) is 28.8 Å². The van der Waals surface area contributed by atoms with Crippen LogP contribution in [-0.4, -0.2) is 19.7 Å². The molecule has 0 saturated heterocycles. The standard InChI is InChI=1S/C7H5Cl2N5/c8-4-1-11-3-12-7(4)14-2-5(9)6(10)13-14/h1-3H,(H2,10,13). The molecule has 7 heteroatoms. The predicted octanol–water partition coefficient (Wildman–Crippen LogP) is 1.55. The van der Waals surface area contributed by atoms with Gasteiger partial charge in [0, 0.05) is 0 Å². The van der Waals surface area contributed by atoms with Crippen molar-refractivity contribution in [1.29, 1.82) is 0 Å².